The van der Waals surface area contributed by atoms with Crippen LogP contribution in [0.2, 0.25) is 0 Å². The molecule has 0 fully saturated rings. The molecule has 0 aliphatic heterocycles. The van der Waals surface area contributed by atoms with Crippen LogP contribution >= 0.6 is 11.8 Å². The lowest BCUT2D eigenvalue weighted by molar-refractivity contribution is -0.113. The fourth-order valence-electron chi connectivity index (χ4n) is 3.28. The van der Waals surface area contributed by atoms with E-state index in [1.54, 1.807) is 0 Å². The Hall–Kier alpha value is -2.80. The largest absolute Gasteiger partial charge is 0.485 e. The van der Waals surface area contributed by atoms with Gasteiger partial charge in [0, 0.05) is 12.2 Å². The summed E-state index contributed by atoms with van der Waals surface area (Å²) in [5.74, 6) is 1.85. The topological polar surface area (TPSA) is 69.0 Å². The molecule has 1 aromatic heterocycles. The smallest absolute Gasteiger partial charge is 0.234 e. The Morgan fingerprint density at radius 1 is 1.07 bits per heavy atom. The summed E-state index contributed by atoms with van der Waals surface area (Å²) in [6.45, 7) is 9.22. The number of anilines is 1. The molecule has 1 heterocycles. The number of ether oxygens (including phenoxy) is 1. The van der Waals surface area contributed by atoms with Gasteiger partial charge in [0.15, 0.2) is 11.0 Å². The van der Waals surface area contributed by atoms with Crippen LogP contribution in [0.25, 0.3) is 0 Å². The molecule has 6 nitrogen and oxygen atoms in total. The maximum atomic E-state index is 12.4. The molecule has 1 N–H and O–H groups in total. The minimum atomic E-state index is -0.0557. The van der Waals surface area contributed by atoms with Gasteiger partial charge in [-0.3, -0.25) is 4.79 Å². The van der Waals surface area contributed by atoms with Crippen molar-refractivity contribution in [3.8, 4) is 5.75 Å². The number of hydrogen-bond acceptors (Lipinski definition) is 5. The molecule has 1 amide bonds. The van der Waals surface area contributed by atoms with Crippen molar-refractivity contribution < 1.29 is 9.53 Å². The maximum Gasteiger partial charge on any atom is 0.234 e. The average molecular weight is 425 g/mol. The van der Waals surface area contributed by atoms with Crippen LogP contribution in [-0.4, -0.2) is 26.4 Å². The number of benzene rings is 2. The van der Waals surface area contributed by atoms with Crippen molar-refractivity contribution in [2.24, 2.45) is 0 Å². The summed E-state index contributed by atoms with van der Waals surface area (Å²) in [4.78, 5) is 12.4. The second kappa shape index (κ2) is 10.3. The molecule has 7 heteroatoms. The molecule has 0 spiro atoms. The van der Waals surface area contributed by atoms with Crippen LogP contribution in [0.5, 0.6) is 5.75 Å². The summed E-state index contributed by atoms with van der Waals surface area (Å²) >= 11 is 1.38. The molecule has 0 aliphatic rings. The highest BCUT2D eigenvalue weighted by Crippen LogP contribution is 2.24. The van der Waals surface area contributed by atoms with Gasteiger partial charge in [0.1, 0.15) is 12.4 Å². The van der Waals surface area contributed by atoms with Crippen LogP contribution in [-0.2, 0) is 24.4 Å². The molecule has 0 atom stereocenters. The number of carbonyl (C=O) groups is 1. The predicted molar refractivity (Wildman–Crippen MR) is 121 cm³/mol. The summed E-state index contributed by atoms with van der Waals surface area (Å²) in [6, 6.07) is 13.9. The van der Waals surface area contributed by atoms with Crippen molar-refractivity contribution in [2.75, 3.05) is 11.1 Å². The summed E-state index contributed by atoms with van der Waals surface area (Å²) in [5.41, 5.74) is 4.18. The Labute approximate surface area is 182 Å². The monoisotopic (exact) mass is 424 g/mol. The van der Waals surface area contributed by atoms with E-state index in [2.05, 4.69) is 22.4 Å². The minimum absolute atomic E-state index is 0.0557. The van der Waals surface area contributed by atoms with Crippen molar-refractivity contribution in [1.29, 1.82) is 0 Å². The van der Waals surface area contributed by atoms with Crippen molar-refractivity contribution in [2.45, 2.75) is 52.4 Å². The second-order valence-corrected chi connectivity index (χ2v) is 7.94. The van der Waals surface area contributed by atoms with Crippen molar-refractivity contribution in [3.05, 3.63) is 65.0 Å². The van der Waals surface area contributed by atoms with Crippen LogP contribution in [0, 0.1) is 13.8 Å². The summed E-state index contributed by atoms with van der Waals surface area (Å²) < 4.78 is 8.02. The highest BCUT2D eigenvalue weighted by Gasteiger charge is 2.15. The fourth-order valence-corrected chi connectivity index (χ4v) is 4.10. The number of aryl methyl sites for hydroxylation is 3. The van der Waals surface area contributed by atoms with Gasteiger partial charge in [0.05, 0.1) is 5.75 Å². The maximum absolute atomic E-state index is 12.4. The second-order valence-electron chi connectivity index (χ2n) is 7.00. The van der Waals surface area contributed by atoms with Crippen LogP contribution in [0.15, 0.2) is 47.6 Å². The lowest BCUT2D eigenvalue weighted by Gasteiger charge is -2.12. The standard InChI is InChI=1S/C23H28N4O2S/c1-5-18-12-7-8-13-19(18)24-21(28)15-30-23-26-25-20(27(23)6-2)14-29-22-16(3)10-9-11-17(22)4/h7-13H,5-6,14-15H2,1-4H3,(H,24,28). The van der Waals surface area contributed by atoms with Gasteiger partial charge in [0.2, 0.25) is 5.91 Å². The Balaban J connectivity index is 1.62. The molecule has 3 rings (SSSR count). The molecule has 0 saturated carbocycles. The van der Waals surface area contributed by atoms with Crippen LogP contribution in [0.1, 0.15) is 36.4 Å². The fraction of sp³-hybridized carbons (Fsp3) is 0.348. The highest BCUT2D eigenvalue weighted by molar-refractivity contribution is 7.99. The number of amides is 1. The third kappa shape index (κ3) is 5.21. The number of hydrogen-bond donors (Lipinski definition) is 1. The first-order valence-electron chi connectivity index (χ1n) is 10.1. The van der Waals surface area contributed by atoms with E-state index in [1.807, 2.05) is 67.8 Å². The van der Waals surface area contributed by atoms with E-state index in [-0.39, 0.29) is 11.7 Å². The predicted octanol–water partition coefficient (Wildman–Crippen LogP) is 4.79. The van der Waals surface area contributed by atoms with Gasteiger partial charge < -0.3 is 14.6 Å². The van der Waals surface area contributed by atoms with Crippen molar-refractivity contribution >= 4 is 23.4 Å². The van der Waals surface area contributed by atoms with Gasteiger partial charge in [-0.15, -0.1) is 10.2 Å². The van der Waals surface area contributed by atoms with E-state index in [0.29, 0.717) is 13.2 Å². The van der Waals surface area contributed by atoms with Crippen molar-refractivity contribution in [3.63, 3.8) is 0 Å². The molecule has 0 bridgehead atoms. The third-order valence-electron chi connectivity index (χ3n) is 4.87. The Morgan fingerprint density at radius 2 is 1.80 bits per heavy atom. The van der Waals surface area contributed by atoms with Gasteiger partial charge in [-0.2, -0.15) is 0 Å². The molecule has 2 aromatic carbocycles. The highest BCUT2D eigenvalue weighted by atomic mass is 32.2. The Morgan fingerprint density at radius 3 is 2.50 bits per heavy atom. The van der Waals surface area contributed by atoms with E-state index in [9.17, 15) is 4.79 Å². The zero-order valence-corrected chi connectivity index (χ0v) is 18.8. The van der Waals surface area contributed by atoms with E-state index in [0.717, 1.165) is 45.5 Å². The zero-order chi connectivity index (χ0) is 21.5. The number of carbonyl (C=O) groups excluding carboxylic acids is 1. The third-order valence-corrected chi connectivity index (χ3v) is 5.84. The van der Waals surface area contributed by atoms with Gasteiger partial charge in [-0.1, -0.05) is 55.1 Å². The molecule has 0 radical (unpaired) electrons. The van der Waals surface area contributed by atoms with Crippen LogP contribution in [0.3, 0.4) is 0 Å². The Kier molecular flexibility index (Phi) is 7.52. The number of nitrogens with one attached hydrogen (secondary N) is 1. The van der Waals surface area contributed by atoms with E-state index in [4.69, 9.17) is 4.74 Å². The number of rotatable bonds is 9. The van der Waals surface area contributed by atoms with Gasteiger partial charge in [-0.25, -0.2) is 0 Å². The van der Waals surface area contributed by atoms with Crippen LogP contribution < -0.4 is 10.1 Å². The molecule has 3 aromatic rings. The first kappa shape index (κ1) is 21.9. The quantitative estimate of drug-likeness (QED) is 0.500. The zero-order valence-electron chi connectivity index (χ0n) is 17.9. The number of para-hydroxylation sites is 2. The molecular formula is C23H28N4O2S. The normalized spacial score (nSPS) is 10.8. The summed E-state index contributed by atoms with van der Waals surface area (Å²) in [5, 5.41) is 12.3. The first-order valence-corrected chi connectivity index (χ1v) is 11.1. The average Bonchev–Trinajstić information content (AvgIpc) is 3.14. The van der Waals surface area contributed by atoms with Gasteiger partial charge in [-0.05, 0) is 49.9 Å². The lowest BCUT2D eigenvalue weighted by atomic mass is 10.1. The molecular weight excluding hydrogens is 396 g/mol. The molecule has 0 unspecified atom stereocenters. The van der Waals surface area contributed by atoms with E-state index >= 15 is 0 Å². The van der Waals surface area contributed by atoms with Gasteiger partial charge >= 0.3 is 0 Å². The number of nitrogens with zero attached hydrogens (tertiary/aromatic N) is 3. The summed E-state index contributed by atoms with van der Waals surface area (Å²) in [6.07, 6.45) is 0.872. The first-order chi connectivity index (χ1) is 14.5. The molecule has 158 valence electrons. The lowest BCUT2D eigenvalue weighted by Crippen LogP contribution is -2.16. The Bertz CT molecular complexity index is 996. The molecule has 30 heavy (non-hydrogen) atoms. The van der Waals surface area contributed by atoms with E-state index in [1.165, 1.54) is 11.8 Å². The summed E-state index contributed by atoms with van der Waals surface area (Å²) in [7, 11) is 0. The van der Waals surface area contributed by atoms with Crippen molar-refractivity contribution in [1.82, 2.24) is 14.8 Å². The van der Waals surface area contributed by atoms with Gasteiger partial charge in [0.25, 0.3) is 0 Å². The molecule has 0 saturated heterocycles. The number of thioether (sulfide) groups is 1. The number of aromatic nitrogens is 3. The van der Waals surface area contributed by atoms with Crippen LogP contribution in [0.4, 0.5) is 5.69 Å². The van der Waals surface area contributed by atoms with E-state index < -0.39 is 0 Å². The minimum Gasteiger partial charge on any atom is -0.485 e. The SMILES string of the molecule is CCc1ccccc1NC(=O)CSc1nnc(COc2c(C)cccc2C)n1CC. The molecule has 0 aliphatic carbocycles.